The van der Waals surface area contributed by atoms with Crippen molar-refractivity contribution in [3.05, 3.63) is 35.2 Å². The van der Waals surface area contributed by atoms with Crippen molar-refractivity contribution >= 4 is 17.6 Å². The number of hydrazine groups is 1. The average molecular weight is 252 g/mol. The van der Waals surface area contributed by atoms with Crippen molar-refractivity contribution in [3.8, 4) is 0 Å². The summed E-state index contributed by atoms with van der Waals surface area (Å²) in [6.07, 6.45) is -0.256. The van der Waals surface area contributed by atoms with Crippen LogP contribution in [0.2, 0.25) is 0 Å². The number of amides is 1. The molecule has 1 aromatic carbocycles. The summed E-state index contributed by atoms with van der Waals surface area (Å²) in [6, 6.07) is 7.15. The van der Waals surface area contributed by atoms with E-state index in [2.05, 4.69) is 0 Å². The monoisotopic (exact) mass is 252 g/mol. The van der Waals surface area contributed by atoms with Crippen molar-refractivity contribution in [2.75, 3.05) is 5.01 Å². The first-order chi connectivity index (χ1) is 8.56. The quantitative estimate of drug-likeness (QED) is 0.560. The Kier molecular flexibility index (Phi) is 4.94. The fourth-order valence-electron chi connectivity index (χ4n) is 1.37. The van der Waals surface area contributed by atoms with Gasteiger partial charge in [0.15, 0.2) is 0 Å². The van der Waals surface area contributed by atoms with Gasteiger partial charge >= 0.3 is 11.9 Å². The van der Waals surface area contributed by atoms with E-state index in [1.807, 2.05) is 0 Å². The summed E-state index contributed by atoms with van der Waals surface area (Å²) in [5.41, 5.74) is 5.90. The Morgan fingerprint density at radius 2 is 1.94 bits per heavy atom. The summed E-state index contributed by atoms with van der Waals surface area (Å²) in [5.74, 6) is -1.71. The molecule has 1 atom stereocenters. The summed E-state index contributed by atoms with van der Waals surface area (Å²) < 4.78 is 0. The maximum Gasteiger partial charge on any atom is 0.304 e. The highest BCUT2D eigenvalue weighted by Crippen LogP contribution is 2.10. The van der Waals surface area contributed by atoms with Crippen LogP contribution in [0.5, 0.6) is 0 Å². The Hall–Kier alpha value is -2.28. The van der Waals surface area contributed by atoms with E-state index in [4.69, 9.17) is 10.8 Å². The van der Waals surface area contributed by atoms with E-state index in [0.29, 0.717) is 5.69 Å². The molecule has 18 heavy (non-hydrogen) atoms. The van der Waals surface area contributed by atoms with Gasteiger partial charge in [-0.3, -0.25) is 9.59 Å². The molecule has 7 nitrogen and oxygen atoms in total. The minimum absolute atomic E-state index is 0.0286. The van der Waals surface area contributed by atoms with Crippen LogP contribution in [-0.4, -0.2) is 23.0 Å². The molecule has 1 amide bonds. The van der Waals surface area contributed by atoms with Gasteiger partial charge in [-0.15, -0.1) is 0 Å². The van der Waals surface area contributed by atoms with Crippen LogP contribution in [0, 0.1) is 4.91 Å². The molecular weight excluding hydrogens is 238 g/mol. The lowest BCUT2D eigenvalue weighted by Crippen LogP contribution is -2.82. The lowest BCUT2D eigenvalue weighted by Gasteiger charge is -2.12. The average Bonchev–Trinajstić information content (AvgIpc) is 2.38. The third-order valence-corrected chi connectivity index (χ3v) is 2.31. The van der Waals surface area contributed by atoms with E-state index in [1.54, 1.807) is 30.3 Å². The first-order valence-electron chi connectivity index (χ1n) is 5.30. The van der Waals surface area contributed by atoms with Gasteiger partial charge < -0.3 is 10.8 Å². The number of nitrogens with one attached hydrogen (secondary N) is 1. The Bertz CT molecular complexity index is 435. The second-order valence-electron chi connectivity index (χ2n) is 3.64. The fourth-order valence-corrected chi connectivity index (χ4v) is 1.37. The molecule has 1 aromatic rings. The van der Waals surface area contributed by atoms with Crippen LogP contribution in [0.1, 0.15) is 12.8 Å². The number of anilines is 1. The van der Waals surface area contributed by atoms with Gasteiger partial charge in [0.25, 0.3) is 0 Å². The van der Waals surface area contributed by atoms with Crippen molar-refractivity contribution in [2.24, 2.45) is 5.73 Å². The van der Waals surface area contributed by atoms with E-state index in [9.17, 15) is 14.5 Å². The van der Waals surface area contributed by atoms with Crippen LogP contribution in [0.25, 0.3) is 0 Å². The molecule has 0 fully saturated rings. The third-order valence-electron chi connectivity index (χ3n) is 2.31. The second-order valence-corrected chi connectivity index (χ2v) is 3.64. The lowest BCUT2D eigenvalue weighted by atomic mass is 10.1. The lowest BCUT2D eigenvalue weighted by molar-refractivity contribution is -0.484. The van der Waals surface area contributed by atoms with E-state index < -0.39 is 17.9 Å². The number of carbonyl (C=O) groups excluding carboxylic acids is 1. The number of hydrogen-bond acceptors (Lipinski definition) is 4. The minimum Gasteiger partial charge on any atom is -0.481 e. The number of carbonyl (C=O) groups is 2. The van der Waals surface area contributed by atoms with Gasteiger partial charge in [-0.2, -0.15) is 0 Å². The molecule has 0 bridgehead atoms. The molecule has 0 radical (unpaired) electrons. The molecule has 0 aromatic heterocycles. The van der Waals surface area contributed by atoms with Gasteiger partial charge in [0.05, 0.1) is 6.04 Å². The van der Waals surface area contributed by atoms with Crippen molar-refractivity contribution in [2.45, 2.75) is 18.9 Å². The van der Waals surface area contributed by atoms with Crippen LogP contribution in [0.15, 0.2) is 30.3 Å². The first kappa shape index (κ1) is 13.8. The molecule has 96 valence electrons. The van der Waals surface area contributed by atoms with E-state index in [0.717, 1.165) is 5.01 Å². The number of nitrogens with zero attached hydrogens (tertiary/aromatic N) is 1. The highest BCUT2D eigenvalue weighted by atomic mass is 16.4. The van der Waals surface area contributed by atoms with Crippen LogP contribution in [0.4, 0.5) is 5.69 Å². The number of benzene rings is 1. The summed E-state index contributed by atoms with van der Waals surface area (Å²) >= 11 is 0. The Morgan fingerprint density at radius 1 is 1.33 bits per heavy atom. The smallest absolute Gasteiger partial charge is 0.304 e. The molecule has 4 N–H and O–H groups in total. The SMILES string of the molecule is N[C@@H](CCC(=O)O)C(=O)N([NH+]=O)c1ccccc1. The molecule has 0 saturated carbocycles. The number of carboxylic acid groups (broad SMARTS) is 1. The number of aliphatic carboxylic acids is 1. The molecule has 0 aliphatic rings. The zero-order valence-corrected chi connectivity index (χ0v) is 9.57. The van der Waals surface area contributed by atoms with Gasteiger partial charge in [-0.1, -0.05) is 18.2 Å². The predicted octanol–water partition coefficient (Wildman–Crippen LogP) is -1.03. The largest absolute Gasteiger partial charge is 0.481 e. The highest BCUT2D eigenvalue weighted by molar-refractivity contribution is 5.94. The van der Waals surface area contributed by atoms with Gasteiger partial charge in [0, 0.05) is 11.3 Å². The number of rotatable bonds is 6. The Morgan fingerprint density at radius 3 is 2.44 bits per heavy atom. The highest BCUT2D eigenvalue weighted by Gasteiger charge is 2.27. The molecule has 0 heterocycles. The topological polar surface area (TPSA) is 115 Å². The maximum absolute atomic E-state index is 11.8. The molecule has 0 spiro atoms. The third kappa shape index (κ3) is 3.63. The van der Waals surface area contributed by atoms with Crippen LogP contribution < -0.4 is 16.0 Å². The summed E-state index contributed by atoms with van der Waals surface area (Å²) in [6.45, 7) is 0. The molecule has 0 saturated heterocycles. The number of nitrogens with two attached hydrogens (primary N) is 1. The number of carboxylic acids is 1. The van der Waals surface area contributed by atoms with Crippen LogP contribution >= 0.6 is 0 Å². The maximum atomic E-state index is 11.8. The minimum atomic E-state index is -1.04. The standard InChI is InChI=1S/C11H13N3O4/c12-9(6-7-10(15)16)11(17)14(13-18)8-4-2-1-3-5-8/h1-5,9H,6-7,12H2,(H,15,16)/p+1/t9-/m0/s1. The van der Waals surface area contributed by atoms with E-state index >= 15 is 0 Å². The van der Waals surface area contributed by atoms with Gasteiger partial charge in [-0.05, 0) is 23.6 Å². The number of para-hydroxylation sites is 1. The van der Waals surface area contributed by atoms with E-state index in [-0.39, 0.29) is 12.8 Å². The normalized spacial score (nSPS) is 11.6. The molecule has 0 aliphatic carbocycles. The van der Waals surface area contributed by atoms with Crippen LogP contribution in [-0.2, 0) is 9.59 Å². The number of hydrogen-bond donors (Lipinski definition) is 3. The van der Waals surface area contributed by atoms with Crippen molar-refractivity contribution in [1.29, 1.82) is 0 Å². The zero-order chi connectivity index (χ0) is 13.5. The van der Waals surface area contributed by atoms with Gasteiger partial charge in [0.1, 0.15) is 11.0 Å². The Balaban J connectivity index is 2.74. The number of nitroso groups, excluding NO2 is 1. The second kappa shape index (κ2) is 6.45. The molecule has 7 heteroatoms. The van der Waals surface area contributed by atoms with Crippen molar-refractivity contribution < 1.29 is 20.0 Å². The Labute approximate surface area is 103 Å². The summed E-state index contributed by atoms with van der Waals surface area (Å²) in [5, 5.41) is 10.7. The molecule has 1 rings (SSSR count). The van der Waals surface area contributed by atoms with Gasteiger partial charge in [0.2, 0.25) is 0 Å². The fraction of sp³-hybridized carbons (Fsp3) is 0.273. The summed E-state index contributed by atoms with van der Waals surface area (Å²) in [7, 11) is 0. The van der Waals surface area contributed by atoms with Gasteiger partial charge in [-0.25, -0.2) is 0 Å². The summed E-state index contributed by atoms with van der Waals surface area (Å²) in [4.78, 5) is 33.0. The van der Waals surface area contributed by atoms with E-state index in [1.165, 1.54) is 5.29 Å². The molecule has 0 unspecified atom stereocenters. The molecular formula is C11H14N3O4+. The predicted molar refractivity (Wildman–Crippen MR) is 63.1 cm³/mol. The van der Waals surface area contributed by atoms with Crippen LogP contribution in [0.3, 0.4) is 0 Å². The first-order valence-corrected chi connectivity index (χ1v) is 5.30. The van der Waals surface area contributed by atoms with Crippen molar-refractivity contribution in [1.82, 2.24) is 0 Å². The van der Waals surface area contributed by atoms with Crippen molar-refractivity contribution in [3.63, 3.8) is 0 Å². The molecule has 0 aliphatic heterocycles. The zero-order valence-electron chi connectivity index (χ0n) is 9.57.